The lowest BCUT2D eigenvalue weighted by Crippen LogP contribution is -2.63. The SMILES string of the molecule is CCCCOC1CC(NC(=NCC2(CCO)CCOC2)NCC)C1(C)C. The zero-order chi connectivity index (χ0) is 19.0. The number of unbranched alkanes of at least 4 members (excludes halogenated alkanes) is 1. The highest BCUT2D eigenvalue weighted by atomic mass is 16.5. The summed E-state index contributed by atoms with van der Waals surface area (Å²) in [5.74, 6) is 0.863. The molecule has 6 nitrogen and oxygen atoms in total. The number of aliphatic hydroxyl groups is 1. The third-order valence-electron chi connectivity index (χ3n) is 6.05. The van der Waals surface area contributed by atoms with E-state index in [4.69, 9.17) is 14.5 Å². The van der Waals surface area contributed by atoms with Crippen LogP contribution in [-0.4, -0.2) is 62.7 Å². The van der Waals surface area contributed by atoms with E-state index in [2.05, 4.69) is 38.3 Å². The lowest BCUT2D eigenvalue weighted by Gasteiger charge is -2.52. The molecule has 3 unspecified atom stereocenters. The minimum atomic E-state index is -0.0158. The van der Waals surface area contributed by atoms with Gasteiger partial charge < -0.3 is 25.2 Å². The summed E-state index contributed by atoms with van der Waals surface area (Å²) in [6.45, 7) is 12.8. The largest absolute Gasteiger partial charge is 0.396 e. The third kappa shape index (κ3) is 5.33. The molecule has 6 heteroatoms. The average Bonchev–Trinajstić information content (AvgIpc) is 3.07. The molecule has 2 aliphatic rings. The number of nitrogens with one attached hydrogen (secondary N) is 2. The van der Waals surface area contributed by atoms with Gasteiger partial charge in [-0.15, -0.1) is 0 Å². The Hall–Kier alpha value is -0.850. The lowest BCUT2D eigenvalue weighted by molar-refractivity contribution is -0.113. The van der Waals surface area contributed by atoms with Crippen LogP contribution in [0, 0.1) is 10.8 Å². The van der Waals surface area contributed by atoms with Crippen LogP contribution in [0.5, 0.6) is 0 Å². The Bertz CT molecular complexity index is 448. The van der Waals surface area contributed by atoms with Gasteiger partial charge >= 0.3 is 0 Å². The number of rotatable bonds is 10. The Kier molecular flexibility index (Phi) is 8.17. The highest BCUT2D eigenvalue weighted by molar-refractivity contribution is 5.80. The molecule has 26 heavy (non-hydrogen) atoms. The summed E-state index contributed by atoms with van der Waals surface area (Å²) >= 11 is 0. The van der Waals surface area contributed by atoms with Crippen LogP contribution in [0.4, 0.5) is 0 Å². The Morgan fingerprint density at radius 1 is 1.35 bits per heavy atom. The summed E-state index contributed by atoms with van der Waals surface area (Å²) in [6.07, 6.45) is 5.36. The second kappa shape index (κ2) is 9.90. The summed E-state index contributed by atoms with van der Waals surface area (Å²) in [6, 6.07) is 0.362. The van der Waals surface area contributed by atoms with E-state index in [9.17, 15) is 5.11 Å². The highest BCUT2D eigenvalue weighted by Crippen LogP contribution is 2.42. The van der Waals surface area contributed by atoms with Gasteiger partial charge in [-0.2, -0.15) is 0 Å². The first-order valence-corrected chi connectivity index (χ1v) is 10.3. The van der Waals surface area contributed by atoms with E-state index >= 15 is 0 Å². The minimum Gasteiger partial charge on any atom is -0.396 e. The molecule has 1 aliphatic carbocycles. The van der Waals surface area contributed by atoms with Crippen molar-refractivity contribution >= 4 is 5.96 Å². The van der Waals surface area contributed by atoms with Crippen LogP contribution in [0.3, 0.4) is 0 Å². The molecule has 0 aromatic rings. The number of guanidine groups is 1. The van der Waals surface area contributed by atoms with E-state index in [-0.39, 0.29) is 17.4 Å². The summed E-state index contributed by atoms with van der Waals surface area (Å²) < 4.78 is 11.6. The fourth-order valence-electron chi connectivity index (χ4n) is 3.80. The second-order valence-electron chi connectivity index (χ2n) is 8.44. The molecule has 0 radical (unpaired) electrons. The van der Waals surface area contributed by atoms with Crippen LogP contribution in [0.25, 0.3) is 0 Å². The van der Waals surface area contributed by atoms with Gasteiger partial charge in [0.05, 0.1) is 19.3 Å². The molecular weight excluding hydrogens is 330 g/mol. The summed E-state index contributed by atoms with van der Waals surface area (Å²) in [4.78, 5) is 4.84. The zero-order valence-corrected chi connectivity index (χ0v) is 17.1. The zero-order valence-electron chi connectivity index (χ0n) is 17.1. The van der Waals surface area contributed by atoms with E-state index in [0.29, 0.717) is 25.3 Å². The van der Waals surface area contributed by atoms with E-state index in [1.165, 1.54) is 6.42 Å². The fraction of sp³-hybridized carbons (Fsp3) is 0.950. The molecule has 2 rings (SSSR count). The Morgan fingerprint density at radius 3 is 2.73 bits per heavy atom. The minimum absolute atomic E-state index is 0.0158. The quantitative estimate of drug-likeness (QED) is 0.313. The molecule has 0 aromatic heterocycles. The van der Waals surface area contributed by atoms with Crippen LogP contribution >= 0.6 is 0 Å². The molecule has 1 saturated heterocycles. The Balaban J connectivity index is 1.91. The topological polar surface area (TPSA) is 75.1 Å². The van der Waals surface area contributed by atoms with Gasteiger partial charge in [0, 0.05) is 43.2 Å². The number of nitrogens with zero attached hydrogens (tertiary/aromatic N) is 1. The number of ether oxygens (including phenoxy) is 2. The lowest BCUT2D eigenvalue weighted by atomic mass is 9.64. The average molecular weight is 370 g/mol. The van der Waals surface area contributed by atoms with Crippen LogP contribution < -0.4 is 10.6 Å². The standard InChI is InChI=1S/C20H39N3O3/c1-5-7-11-26-17-13-16(19(17,3)4)23-18(21-6-2)22-14-20(8-10-24)9-12-25-15-20/h16-17,24H,5-15H2,1-4H3,(H2,21,22,23). The maximum atomic E-state index is 9.39. The van der Waals surface area contributed by atoms with Crippen molar-refractivity contribution in [3.8, 4) is 0 Å². The van der Waals surface area contributed by atoms with Crippen LogP contribution in [0.1, 0.15) is 59.8 Å². The first-order valence-electron chi connectivity index (χ1n) is 10.3. The monoisotopic (exact) mass is 369 g/mol. The van der Waals surface area contributed by atoms with Crippen molar-refractivity contribution in [2.24, 2.45) is 15.8 Å². The number of aliphatic hydroxyl groups excluding tert-OH is 1. The molecule has 1 aliphatic heterocycles. The smallest absolute Gasteiger partial charge is 0.191 e. The van der Waals surface area contributed by atoms with E-state index in [1.54, 1.807) is 0 Å². The van der Waals surface area contributed by atoms with Crippen molar-refractivity contribution in [1.82, 2.24) is 10.6 Å². The van der Waals surface area contributed by atoms with Crippen LogP contribution in [-0.2, 0) is 9.47 Å². The third-order valence-corrected chi connectivity index (χ3v) is 6.05. The van der Waals surface area contributed by atoms with E-state index in [0.717, 1.165) is 51.4 Å². The molecule has 2 fully saturated rings. The molecule has 3 atom stereocenters. The van der Waals surface area contributed by atoms with Gasteiger partial charge in [0.25, 0.3) is 0 Å². The summed E-state index contributed by atoms with van der Waals surface area (Å²) in [5.41, 5.74) is 0.0845. The maximum Gasteiger partial charge on any atom is 0.191 e. The molecule has 152 valence electrons. The van der Waals surface area contributed by atoms with Gasteiger partial charge in [0.2, 0.25) is 0 Å². The van der Waals surface area contributed by atoms with Crippen molar-refractivity contribution < 1.29 is 14.6 Å². The molecule has 1 heterocycles. The fourth-order valence-corrected chi connectivity index (χ4v) is 3.80. The number of hydrogen-bond donors (Lipinski definition) is 3. The maximum absolute atomic E-state index is 9.39. The molecule has 1 saturated carbocycles. The van der Waals surface area contributed by atoms with Gasteiger partial charge in [-0.3, -0.25) is 4.99 Å². The Morgan fingerprint density at radius 2 is 2.15 bits per heavy atom. The summed E-state index contributed by atoms with van der Waals surface area (Å²) in [7, 11) is 0. The van der Waals surface area contributed by atoms with Gasteiger partial charge in [0.1, 0.15) is 0 Å². The molecule has 0 aromatic carbocycles. The van der Waals surface area contributed by atoms with Crippen molar-refractivity contribution in [1.29, 1.82) is 0 Å². The van der Waals surface area contributed by atoms with E-state index in [1.807, 2.05) is 0 Å². The predicted octanol–water partition coefficient (Wildman–Crippen LogP) is 2.31. The predicted molar refractivity (Wildman–Crippen MR) is 106 cm³/mol. The number of aliphatic imine (C=N–C) groups is 1. The molecule has 0 bridgehead atoms. The number of hydrogen-bond acceptors (Lipinski definition) is 4. The molecule has 0 spiro atoms. The Labute approximate surface area is 159 Å². The second-order valence-corrected chi connectivity index (χ2v) is 8.44. The van der Waals surface area contributed by atoms with Gasteiger partial charge in [-0.1, -0.05) is 27.2 Å². The van der Waals surface area contributed by atoms with Crippen LogP contribution in [0.15, 0.2) is 4.99 Å². The van der Waals surface area contributed by atoms with Crippen molar-refractivity contribution in [3.05, 3.63) is 0 Å². The van der Waals surface area contributed by atoms with Crippen molar-refractivity contribution in [2.45, 2.75) is 71.9 Å². The molecule has 0 amide bonds. The van der Waals surface area contributed by atoms with Gasteiger partial charge in [0.15, 0.2) is 5.96 Å². The van der Waals surface area contributed by atoms with Crippen molar-refractivity contribution in [2.75, 3.05) is 39.5 Å². The highest BCUT2D eigenvalue weighted by Gasteiger charge is 2.49. The first-order chi connectivity index (χ1) is 12.5. The van der Waals surface area contributed by atoms with E-state index < -0.39 is 0 Å². The van der Waals surface area contributed by atoms with Crippen molar-refractivity contribution in [3.63, 3.8) is 0 Å². The molecular formula is C20H39N3O3. The molecule has 3 N–H and O–H groups in total. The summed E-state index contributed by atoms with van der Waals surface area (Å²) in [5, 5.41) is 16.4. The van der Waals surface area contributed by atoms with Crippen LogP contribution in [0.2, 0.25) is 0 Å². The van der Waals surface area contributed by atoms with Gasteiger partial charge in [-0.05, 0) is 32.6 Å². The van der Waals surface area contributed by atoms with Gasteiger partial charge in [-0.25, -0.2) is 0 Å². The first kappa shape index (κ1) is 21.5. The normalized spacial score (nSPS) is 30.9.